The number of hydrogen-bond acceptors (Lipinski definition) is 2. The summed E-state index contributed by atoms with van der Waals surface area (Å²) in [6.45, 7) is 2.53. The van der Waals surface area contributed by atoms with E-state index in [0.717, 1.165) is 6.42 Å². The van der Waals surface area contributed by atoms with E-state index in [1.165, 1.54) is 0 Å². The van der Waals surface area contributed by atoms with E-state index in [-0.39, 0.29) is 1.43 Å². The van der Waals surface area contributed by atoms with Crippen LogP contribution in [0.15, 0.2) is 0 Å². The zero-order valence-electron chi connectivity index (χ0n) is 5.53. The van der Waals surface area contributed by atoms with Crippen molar-refractivity contribution in [2.75, 3.05) is 13.6 Å². The molecule has 0 fully saturated rings. The topological polar surface area (TPSA) is 29.1 Å². The summed E-state index contributed by atoms with van der Waals surface area (Å²) in [6.07, 6.45) is 1.67. The predicted octanol–water partition coefficient (Wildman–Crippen LogP) is 0.821. The highest BCUT2D eigenvalue weighted by atomic mass is 16.1. The van der Waals surface area contributed by atoms with Crippen LogP contribution in [0.2, 0.25) is 0 Å². The fourth-order valence-corrected chi connectivity index (χ4v) is 0.564. The first-order chi connectivity index (χ1) is 3.81. The number of nitrogens with one attached hydrogen (secondary N) is 1. The van der Waals surface area contributed by atoms with Crippen molar-refractivity contribution in [3.05, 3.63) is 0 Å². The number of carbonyl (C=O) groups excluding carboxylic acids is 1. The third-order valence-electron chi connectivity index (χ3n) is 0.903. The molecule has 0 saturated carbocycles. The minimum atomic E-state index is 0. The van der Waals surface area contributed by atoms with Gasteiger partial charge in [0.15, 0.2) is 0 Å². The lowest BCUT2D eigenvalue weighted by Gasteiger charge is -1.93. The highest BCUT2D eigenvalue weighted by Gasteiger charge is 1.94. The number of rotatable bonds is 4. The van der Waals surface area contributed by atoms with Gasteiger partial charge in [-0.05, 0) is 13.5 Å². The van der Waals surface area contributed by atoms with Crippen LogP contribution in [-0.4, -0.2) is 19.4 Å². The van der Waals surface area contributed by atoms with Gasteiger partial charge in [0.25, 0.3) is 0 Å². The maximum absolute atomic E-state index is 10.6. The highest BCUT2D eigenvalue weighted by molar-refractivity contribution is 5.80. The molecule has 0 atom stereocenters. The van der Waals surface area contributed by atoms with Crippen LogP contribution in [-0.2, 0) is 4.79 Å². The predicted molar refractivity (Wildman–Crippen MR) is 36.0 cm³/mol. The Kier molecular flexibility index (Phi) is 4.56. The van der Waals surface area contributed by atoms with E-state index < -0.39 is 0 Å². The fraction of sp³-hybridized carbons (Fsp3) is 0.833. The minimum absolute atomic E-state index is 0. The highest BCUT2D eigenvalue weighted by Crippen LogP contribution is 1.85. The second-order valence-electron chi connectivity index (χ2n) is 1.82. The molecule has 0 aliphatic rings. The summed E-state index contributed by atoms with van der Waals surface area (Å²) in [5.74, 6) is 0.301. The van der Waals surface area contributed by atoms with Crippen LogP contribution in [0.1, 0.15) is 21.2 Å². The van der Waals surface area contributed by atoms with Crippen LogP contribution in [0.3, 0.4) is 0 Å². The van der Waals surface area contributed by atoms with Crippen molar-refractivity contribution < 1.29 is 6.22 Å². The molecule has 1 N–H and O–H groups in total. The Hall–Kier alpha value is -0.370. The maximum Gasteiger partial charge on any atom is 0.146 e. The van der Waals surface area contributed by atoms with Crippen LogP contribution >= 0.6 is 0 Å². The van der Waals surface area contributed by atoms with Gasteiger partial charge in [-0.15, -0.1) is 0 Å². The average Bonchev–Trinajstić information content (AvgIpc) is 1.68. The molecule has 0 aromatic heterocycles. The van der Waals surface area contributed by atoms with Gasteiger partial charge in [-0.2, -0.15) is 0 Å². The molecule has 0 aliphatic heterocycles. The molecular formula is C6H15NO. The largest absolute Gasteiger partial charge is 0.313 e. The number of ketones is 1. The number of likely N-dealkylation sites (N-methyl/N-ethyl adjacent to an activating group) is 1. The molecule has 2 heteroatoms. The van der Waals surface area contributed by atoms with Crippen molar-refractivity contribution in [3.8, 4) is 0 Å². The Morgan fingerprint density at radius 2 is 2.38 bits per heavy atom. The number of hydrogen-bond donors (Lipinski definition) is 1. The van der Waals surface area contributed by atoms with Crippen LogP contribution in [0.25, 0.3) is 0 Å². The molecule has 0 bridgehead atoms. The van der Waals surface area contributed by atoms with Gasteiger partial charge in [0.1, 0.15) is 5.78 Å². The Balaban J connectivity index is 0. The summed E-state index contributed by atoms with van der Waals surface area (Å²) >= 11 is 0. The quantitative estimate of drug-likeness (QED) is 0.590. The summed E-state index contributed by atoms with van der Waals surface area (Å²) in [5, 5.41) is 2.80. The van der Waals surface area contributed by atoms with Crippen molar-refractivity contribution >= 4 is 5.78 Å². The molecule has 0 aromatic rings. The molecule has 0 saturated heterocycles. The summed E-state index contributed by atoms with van der Waals surface area (Å²) < 4.78 is 0. The summed E-state index contributed by atoms with van der Waals surface area (Å²) in [7, 11) is 1.79. The van der Waals surface area contributed by atoms with E-state index in [1.807, 2.05) is 6.92 Å². The third kappa shape index (κ3) is 3.81. The SMILES string of the molecule is CCCC(=O)CNC.[HH]. The van der Waals surface area contributed by atoms with Crippen molar-refractivity contribution in [3.63, 3.8) is 0 Å². The molecular weight excluding hydrogens is 102 g/mol. The second-order valence-corrected chi connectivity index (χ2v) is 1.82. The smallest absolute Gasteiger partial charge is 0.146 e. The van der Waals surface area contributed by atoms with Gasteiger partial charge in [-0.1, -0.05) is 6.92 Å². The van der Waals surface area contributed by atoms with E-state index in [0.29, 0.717) is 18.7 Å². The Bertz CT molecular complexity index is 67.5. The molecule has 0 heterocycles. The third-order valence-corrected chi connectivity index (χ3v) is 0.903. The van der Waals surface area contributed by atoms with Gasteiger partial charge in [0.05, 0.1) is 6.54 Å². The van der Waals surface area contributed by atoms with Crippen LogP contribution in [0.4, 0.5) is 0 Å². The van der Waals surface area contributed by atoms with Gasteiger partial charge in [0.2, 0.25) is 0 Å². The maximum atomic E-state index is 10.6. The van der Waals surface area contributed by atoms with Gasteiger partial charge in [0, 0.05) is 7.85 Å². The van der Waals surface area contributed by atoms with Crippen molar-refractivity contribution in [1.82, 2.24) is 5.32 Å². The molecule has 0 rings (SSSR count). The van der Waals surface area contributed by atoms with Gasteiger partial charge >= 0.3 is 0 Å². The van der Waals surface area contributed by atoms with E-state index in [1.54, 1.807) is 7.05 Å². The molecule has 50 valence electrons. The molecule has 0 radical (unpaired) electrons. The Labute approximate surface area is 51.8 Å². The molecule has 0 aromatic carbocycles. The lowest BCUT2D eigenvalue weighted by Crippen LogP contribution is -2.17. The lowest BCUT2D eigenvalue weighted by molar-refractivity contribution is -0.118. The fourth-order valence-electron chi connectivity index (χ4n) is 0.564. The van der Waals surface area contributed by atoms with Gasteiger partial charge < -0.3 is 5.32 Å². The van der Waals surface area contributed by atoms with Gasteiger partial charge in [-0.3, -0.25) is 4.79 Å². The first kappa shape index (κ1) is 7.63. The van der Waals surface area contributed by atoms with Crippen molar-refractivity contribution in [1.29, 1.82) is 0 Å². The standard InChI is InChI=1S/C6H13NO.H2/c1-3-4-6(8)5-7-2;/h7H,3-5H2,1-2H3;1H. The molecule has 0 amide bonds. The number of Topliss-reactive ketones (excluding diaryl/α,β-unsaturated/α-hetero) is 1. The van der Waals surface area contributed by atoms with E-state index in [9.17, 15) is 4.79 Å². The first-order valence-corrected chi connectivity index (χ1v) is 2.97. The van der Waals surface area contributed by atoms with Crippen molar-refractivity contribution in [2.45, 2.75) is 19.8 Å². The number of carbonyl (C=O) groups is 1. The summed E-state index contributed by atoms with van der Waals surface area (Å²) in [4.78, 5) is 10.6. The second kappa shape index (κ2) is 4.78. The van der Waals surface area contributed by atoms with Crippen LogP contribution in [0, 0.1) is 0 Å². The minimum Gasteiger partial charge on any atom is -0.313 e. The Morgan fingerprint density at radius 1 is 1.75 bits per heavy atom. The molecule has 2 nitrogen and oxygen atoms in total. The molecule has 8 heavy (non-hydrogen) atoms. The van der Waals surface area contributed by atoms with E-state index in [4.69, 9.17) is 0 Å². The molecule has 0 unspecified atom stereocenters. The molecule has 0 spiro atoms. The van der Waals surface area contributed by atoms with Crippen LogP contribution in [0.5, 0.6) is 0 Å². The normalized spacial score (nSPS) is 9.25. The molecule has 0 aliphatic carbocycles. The summed E-state index contributed by atoms with van der Waals surface area (Å²) in [5.41, 5.74) is 0. The monoisotopic (exact) mass is 117 g/mol. The van der Waals surface area contributed by atoms with Crippen LogP contribution < -0.4 is 5.32 Å². The zero-order chi connectivity index (χ0) is 6.41. The van der Waals surface area contributed by atoms with Crippen molar-refractivity contribution in [2.24, 2.45) is 0 Å². The Morgan fingerprint density at radius 3 is 2.75 bits per heavy atom. The van der Waals surface area contributed by atoms with E-state index in [2.05, 4.69) is 5.32 Å². The summed E-state index contributed by atoms with van der Waals surface area (Å²) in [6, 6.07) is 0. The first-order valence-electron chi connectivity index (χ1n) is 2.97. The lowest BCUT2D eigenvalue weighted by atomic mass is 10.2. The zero-order valence-corrected chi connectivity index (χ0v) is 5.53. The average molecular weight is 117 g/mol. The van der Waals surface area contributed by atoms with Gasteiger partial charge in [-0.25, -0.2) is 0 Å². The van der Waals surface area contributed by atoms with E-state index >= 15 is 0 Å².